The molecule has 1 amide bonds. The lowest BCUT2D eigenvalue weighted by molar-refractivity contribution is 0.102. The molecule has 2 heterocycles. The lowest BCUT2D eigenvalue weighted by atomic mass is 10.1. The molecule has 3 rings (SSSR count). The number of aryl methyl sites for hydroxylation is 1. The Labute approximate surface area is 174 Å². The fraction of sp³-hybridized carbons (Fsp3) is 0.267. The maximum atomic E-state index is 12.4. The van der Waals surface area contributed by atoms with Crippen LogP contribution in [0.1, 0.15) is 29.3 Å². The zero-order chi connectivity index (χ0) is 20.1. The van der Waals surface area contributed by atoms with E-state index in [9.17, 15) is 13.2 Å². The third-order valence-electron chi connectivity index (χ3n) is 3.23. The Balaban J connectivity index is 1.67. The Morgan fingerprint density at radius 2 is 1.79 bits per heavy atom. The van der Waals surface area contributed by atoms with Crippen LogP contribution in [0, 0.1) is 6.92 Å². The summed E-state index contributed by atoms with van der Waals surface area (Å²) in [7, 11) is -3.96. The van der Waals surface area contributed by atoms with Gasteiger partial charge < -0.3 is 0 Å². The number of nitrogens with one attached hydrogen (secondary N) is 2. The van der Waals surface area contributed by atoms with E-state index in [0.717, 1.165) is 40.4 Å². The fourth-order valence-electron chi connectivity index (χ4n) is 1.90. The molecule has 2 N–H and O–H groups in total. The van der Waals surface area contributed by atoms with Crippen LogP contribution >= 0.6 is 34.4 Å². The van der Waals surface area contributed by atoms with Crippen molar-refractivity contribution in [1.82, 2.24) is 20.4 Å². The first-order chi connectivity index (χ1) is 13.4. The zero-order valence-electron chi connectivity index (χ0n) is 14.9. The van der Waals surface area contributed by atoms with Crippen molar-refractivity contribution in [3.05, 3.63) is 35.4 Å². The number of sulfonamides is 1. The summed E-state index contributed by atoms with van der Waals surface area (Å²) in [5, 5.41) is 17.9. The third kappa shape index (κ3) is 5.25. The Bertz CT molecular complexity index is 1060. The molecular weight excluding hydrogens is 440 g/mol. The van der Waals surface area contributed by atoms with Gasteiger partial charge >= 0.3 is 0 Å². The second kappa shape index (κ2) is 8.94. The predicted octanol–water partition coefficient (Wildman–Crippen LogP) is 3.25. The van der Waals surface area contributed by atoms with Crippen molar-refractivity contribution in [2.24, 2.45) is 0 Å². The summed E-state index contributed by atoms with van der Waals surface area (Å²) in [6.07, 6.45) is 0.979. The molecule has 28 heavy (non-hydrogen) atoms. The largest absolute Gasteiger partial charge is 0.296 e. The number of rotatable bonds is 8. The summed E-state index contributed by atoms with van der Waals surface area (Å²) in [4.78, 5) is 12.2. The van der Waals surface area contributed by atoms with Gasteiger partial charge in [0.15, 0.2) is 4.34 Å². The average molecular weight is 457 g/mol. The smallest absolute Gasteiger partial charge is 0.293 e. The summed E-state index contributed by atoms with van der Waals surface area (Å²) >= 11 is 3.41. The van der Waals surface area contributed by atoms with Gasteiger partial charge in [-0.1, -0.05) is 59.1 Å². The van der Waals surface area contributed by atoms with Crippen molar-refractivity contribution < 1.29 is 13.2 Å². The molecule has 1 aromatic carbocycles. The molecule has 0 bridgehead atoms. The SMILES string of the molecule is CCCSc1nnc(NS(=O)(=O)c2nnc(NC(=O)c3ccc(C)cc3)s2)s1. The first kappa shape index (κ1) is 20.6. The predicted molar refractivity (Wildman–Crippen MR) is 111 cm³/mol. The summed E-state index contributed by atoms with van der Waals surface area (Å²) in [5.41, 5.74) is 1.47. The molecule has 0 aliphatic rings. The van der Waals surface area contributed by atoms with Gasteiger partial charge in [0, 0.05) is 11.3 Å². The molecule has 148 valence electrons. The molecule has 0 aliphatic heterocycles. The summed E-state index contributed by atoms with van der Waals surface area (Å²) in [5.74, 6) is 0.483. The number of carbonyl (C=O) groups excluding carboxylic acids is 1. The number of anilines is 2. The van der Waals surface area contributed by atoms with Gasteiger partial charge in [-0.25, -0.2) is 0 Å². The molecule has 0 aliphatic carbocycles. The van der Waals surface area contributed by atoms with E-state index < -0.39 is 15.9 Å². The normalized spacial score (nSPS) is 11.4. The van der Waals surface area contributed by atoms with Gasteiger partial charge in [-0.15, -0.1) is 20.4 Å². The van der Waals surface area contributed by atoms with E-state index in [1.54, 1.807) is 12.1 Å². The highest BCUT2D eigenvalue weighted by Crippen LogP contribution is 2.28. The lowest BCUT2D eigenvalue weighted by Gasteiger charge is -2.01. The molecule has 0 spiro atoms. The van der Waals surface area contributed by atoms with Crippen molar-refractivity contribution in [2.75, 3.05) is 15.8 Å². The first-order valence-corrected chi connectivity index (χ1v) is 12.2. The molecule has 0 fully saturated rings. The lowest BCUT2D eigenvalue weighted by Crippen LogP contribution is -2.12. The Hall–Kier alpha value is -2.09. The van der Waals surface area contributed by atoms with Crippen LogP contribution in [-0.4, -0.2) is 40.5 Å². The molecular formula is C15H16N6O3S4. The molecule has 13 heteroatoms. The highest BCUT2D eigenvalue weighted by Gasteiger charge is 2.23. The monoisotopic (exact) mass is 456 g/mol. The number of thioether (sulfide) groups is 1. The topological polar surface area (TPSA) is 127 Å². The summed E-state index contributed by atoms with van der Waals surface area (Å²) in [6.45, 7) is 3.96. The molecule has 0 saturated heterocycles. The number of aromatic nitrogens is 4. The van der Waals surface area contributed by atoms with Crippen LogP contribution < -0.4 is 10.0 Å². The van der Waals surface area contributed by atoms with E-state index in [0.29, 0.717) is 9.90 Å². The van der Waals surface area contributed by atoms with E-state index >= 15 is 0 Å². The number of amides is 1. The summed E-state index contributed by atoms with van der Waals surface area (Å²) < 4.78 is 27.6. The Kier molecular flexibility index (Phi) is 6.59. The zero-order valence-corrected chi connectivity index (χ0v) is 18.1. The van der Waals surface area contributed by atoms with Crippen LogP contribution in [-0.2, 0) is 10.0 Å². The van der Waals surface area contributed by atoms with Crippen LogP contribution in [0.5, 0.6) is 0 Å². The van der Waals surface area contributed by atoms with Crippen LogP contribution in [0.25, 0.3) is 0 Å². The quantitative estimate of drug-likeness (QED) is 0.391. The van der Waals surface area contributed by atoms with Crippen molar-refractivity contribution in [2.45, 2.75) is 28.9 Å². The molecule has 0 unspecified atom stereocenters. The van der Waals surface area contributed by atoms with Crippen molar-refractivity contribution in [1.29, 1.82) is 0 Å². The van der Waals surface area contributed by atoms with E-state index in [1.807, 2.05) is 26.0 Å². The van der Waals surface area contributed by atoms with Crippen molar-refractivity contribution in [3.8, 4) is 0 Å². The van der Waals surface area contributed by atoms with Crippen LogP contribution in [0.2, 0.25) is 0 Å². The minimum atomic E-state index is -3.96. The number of benzene rings is 1. The summed E-state index contributed by atoms with van der Waals surface area (Å²) in [6, 6.07) is 6.97. The average Bonchev–Trinajstić information content (AvgIpc) is 3.30. The molecule has 9 nitrogen and oxygen atoms in total. The number of nitrogens with zero attached hydrogens (tertiary/aromatic N) is 4. The maximum absolute atomic E-state index is 12.4. The second-order valence-electron chi connectivity index (χ2n) is 5.52. The minimum absolute atomic E-state index is 0.0856. The van der Waals surface area contributed by atoms with Crippen LogP contribution in [0.15, 0.2) is 32.9 Å². The van der Waals surface area contributed by atoms with Gasteiger partial charge in [-0.3, -0.25) is 14.8 Å². The van der Waals surface area contributed by atoms with Crippen molar-refractivity contribution in [3.63, 3.8) is 0 Å². The second-order valence-corrected chi connectivity index (χ2v) is 10.7. The highest BCUT2D eigenvalue weighted by molar-refractivity contribution is 8.01. The highest BCUT2D eigenvalue weighted by atomic mass is 32.2. The molecule has 2 aromatic heterocycles. The molecule has 0 radical (unpaired) electrons. The van der Waals surface area contributed by atoms with Gasteiger partial charge in [0.2, 0.25) is 10.3 Å². The first-order valence-electron chi connectivity index (χ1n) is 8.08. The third-order valence-corrected chi connectivity index (χ3v) is 8.08. The number of hydrogen-bond acceptors (Lipinski definition) is 10. The van der Waals surface area contributed by atoms with E-state index in [1.165, 1.54) is 11.8 Å². The number of hydrogen-bond donors (Lipinski definition) is 2. The van der Waals surface area contributed by atoms with Crippen LogP contribution in [0.3, 0.4) is 0 Å². The van der Waals surface area contributed by atoms with E-state index in [-0.39, 0.29) is 14.6 Å². The molecule has 0 atom stereocenters. The van der Waals surface area contributed by atoms with Crippen molar-refractivity contribution >= 4 is 60.6 Å². The maximum Gasteiger partial charge on any atom is 0.293 e. The fourth-order valence-corrected chi connectivity index (χ4v) is 5.70. The van der Waals surface area contributed by atoms with Gasteiger partial charge in [0.25, 0.3) is 20.3 Å². The van der Waals surface area contributed by atoms with Gasteiger partial charge in [0.1, 0.15) is 0 Å². The van der Waals surface area contributed by atoms with Gasteiger partial charge in [-0.2, -0.15) is 8.42 Å². The minimum Gasteiger partial charge on any atom is -0.296 e. The number of carbonyl (C=O) groups is 1. The Morgan fingerprint density at radius 1 is 1.07 bits per heavy atom. The Morgan fingerprint density at radius 3 is 2.50 bits per heavy atom. The molecule has 3 aromatic rings. The van der Waals surface area contributed by atoms with E-state index in [4.69, 9.17) is 0 Å². The standard InChI is InChI=1S/C15H16N6O3S4/c1-3-8-25-14-19-18-13(26-14)21-28(23,24)15-20-17-12(27-15)16-11(22)10-6-4-9(2)5-7-10/h4-7H,3,8H2,1-2H3,(H,18,21)(H,16,17,22). The molecule has 0 saturated carbocycles. The van der Waals surface area contributed by atoms with Gasteiger partial charge in [0.05, 0.1) is 0 Å². The van der Waals surface area contributed by atoms with Crippen LogP contribution in [0.4, 0.5) is 10.3 Å². The van der Waals surface area contributed by atoms with Gasteiger partial charge in [-0.05, 0) is 25.5 Å². The van der Waals surface area contributed by atoms with E-state index in [2.05, 4.69) is 30.4 Å².